The third-order valence-corrected chi connectivity index (χ3v) is 3.70. The number of hydrogen-bond acceptors (Lipinski definition) is 1. The van der Waals surface area contributed by atoms with Crippen LogP contribution in [0.25, 0.3) is 11.1 Å². The van der Waals surface area contributed by atoms with Crippen molar-refractivity contribution in [1.82, 2.24) is 5.32 Å². The Hall–Kier alpha value is -1.61. The highest BCUT2D eigenvalue weighted by Gasteiger charge is 2.19. The maximum absolute atomic E-state index is 12.6. The number of carbonyl (C=O) groups excluding carboxylic acids is 1. The third-order valence-electron chi connectivity index (χ3n) is 3.06. The molecule has 0 bridgehead atoms. The molecule has 0 aliphatic carbocycles. The van der Waals surface area contributed by atoms with Crippen LogP contribution >= 0.6 is 15.9 Å². The van der Waals surface area contributed by atoms with Gasteiger partial charge in [0.05, 0.1) is 0 Å². The van der Waals surface area contributed by atoms with Gasteiger partial charge < -0.3 is 5.32 Å². The van der Waals surface area contributed by atoms with Gasteiger partial charge in [0.1, 0.15) is 0 Å². The summed E-state index contributed by atoms with van der Waals surface area (Å²) in [5.41, 5.74) is 3.57. The van der Waals surface area contributed by atoms with Crippen LogP contribution in [0.2, 0.25) is 0 Å². The highest BCUT2D eigenvalue weighted by molar-refractivity contribution is 9.08. The van der Waals surface area contributed by atoms with Crippen molar-refractivity contribution >= 4 is 21.8 Å². The zero-order valence-corrected chi connectivity index (χ0v) is 14.2. The standard InChI is InChI=1S/C18H20BrNO/c1-18(2,3)20-17(21)16-11-13(12-19)9-10-15(16)14-7-5-4-6-8-14/h4-11H,12H2,1-3H3,(H,20,21). The van der Waals surface area contributed by atoms with Gasteiger partial charge in [-0.1, -0.05) is 58.4 Å². The molecule has 0 aromatic heterocycles. The van der Waals surface area contributed by atoms with E-state index in [-0.39, 0.29) is 11.4 Å². The fourth-order valence-electron chi connectivity index (χ4n) is 2.14. The van der Waals surface area contributed by atoms with Crippen molar-refractivity contribution in [3.8, 4) is 11.1 Å². The lowest BCUT2D eigenvalue weighted by Gasteiger charge is -2.22. The average Bonchev–Trinajstić information content (AvgIpc) is 2.45. The SMILES string of the molecule is CC(C)(C)NC(=O)c1cc(CBr)ccc1-c1ccccc1. The Balaban J connectivity index is 2.49. The normalized spacial score (nSPS) is 11.2. The summed E-state index contributed by atoms with van der Waals surface area (Å²) in [7, 11) is 0. The van der Waals surface area contributed by atoms with Crippen LogP contribution in [0, 0.1) is 0 Å². The van der Waals surface area contributed by atoms with Gasteiger partial charge in [-0.2, -0.15) is 0 Å². The van der Waals surface area contributed by atoms with Crippen LogP contribution in [-0.2, 0) is 5.33 Å². The van der Waals surface area contributed by atoms with Gasteiger partial charge in [-0.15, -0.1) is 0 Å². The minimum Gasteiger partial charge on any atom is -0.347 e. The van der Waals surface area contributed by atoms with Crippen molar-refractivity contribution in [3.05, 3.63) is 59.7 Å². The van der Waals surface area contributed by atoms with Crippen LogP contribution in [0.1, 0.15) is 36.7 Å². The van der Waals surface area contributed by atoms with Crippen molar-refractivity contribution in [2.45, 2.75) is 31.6 Å². The van der Waals surface area contributed by atoms with Gasteiger partial charge in [0.25, 0.3) is 5.91 Å². The van der Waals surface area contributed by atoms with E-state index in [1.54, 1.807) is 0 Å². The van der Waals surface area contributed by atoms with E-state index < -0.39 is 0 Å². The molecule has 0 aliphatic heterocycles. The Morgan fingerprint density at radius 1 is 1.10 bits per heavy atom. The smallest absolute Gasteiger partial charge is 0.252 e. The van der Waals surface area contributed by atoms with E-state index in [0.29, 0.717) is 5.56 Å². The van der Waals surface area contributed by atoms with Gasteiger partial charge in [-0.3, -0.25) is 4.79 Å². The molecule has 2 aromatic carbocycles. The Labute approximate surface area is 134 Å². The molecule has 0 fully saturated rings. The number of rotatable bonds is 3. The summed E-state index contributed by atoms with van der Waals surface area (Å²) in [6.07, 6.45) is 0. The van der Waals surface area contributed by atoms with Crippen molar-refractivity contribution in [2.24, 2.45) is 0 Å². The molecule has 110 valence electrons. The first-order chi connectivity index (χ1) is 9.90. The van der Waals surface area contributed by atoms with Gasteiger partial charge in [-0.05, 0) is 43.5 Å². The largest absolute Gasteiger partial charge is 0.347 e. The molecule has 2 aromatic rings. The Morgan fingerprint density at radius 2 is 1.76 bits per heavy atom. The molecule has 0 unspecified atom stereocenters. The number of nitrogens with one attached hydrogen (secondary N) is 1. The minimum atomic E-state index is -0.255. The molecule has 0 saturated heterocycles. The van der Waals surface area contributed by atoms with Gasteiger partial charge in [0.2, 0.25) is 0 Å². The van der Waals surface area contributed by atoms with Crippen LogP contribution < -0.4 is 5.32 Å². The van der Waals surface area contributed by atoms with E-state index in [1.807, 2.05) is 69.3 Å². The maximum Gasteiger partial charge on any atom is 0.252 e. The number of alkyl halides is 1. The van der Waals surface area contributed by atoms with E-state index in [2.05, 4.69) is 21.2 Å². The topological polar surface area (TPSA) is 29.1 Å². The third kappa shape index (κ3) is 4.18. The molecule has 0 saturated carbocycles. The van der Waals surface area contributed by atoms with Crippen molar-refractivity contribution in [3.63, 3.8) is 0 Å². The molecule has 1 amide bonds. The monoisotopic (exact) mass is 345 g/mol. The predicted molar refractivity (Wildman–Crippen MR) is 91.7 cm³/mol. The van der Waals surface area contributed by atoms with Crippen molar-refractivity contribution in [2.75, 3.05) is 0 Å². The molecule has 0 radical (unpaired) electrons. The van der Waals surface area contributed by atoms with E-state index in [1.165, 1.54) is 0 Å². The molecule has 21 heavy (non-hydrogen) atoms. The number of benzene rings is 2. The quantitative estimate of drug-likeness (QED) is 0.797. The van der Waals surface area contributed by atoms with Crippen molar-refractivity contribution < 1.29 is 4.79 Å². The fourth-order valence-corrected chi connectivity index (χ4v) is 2.49. The Kier molecular flexibility index (Phi) is 4.84. The molecular formula is C18H20BrNO. The summed E-state index contributed by atoms with van der Waals surface area (Å²) < 4.78 is 0. The number of carbonyl (C=O) groups is 1. The first-order valence-electron chi connectivity index (χ1n) is 6.97. The summed E-state index contributed by atoms with van der Waals surface area (Å²) in [6, 6.07) is 16.0. The Morgan fingerprint density at radius 3 is 2.33 bits per heavy atom. The fraction of sp³-hybridized carbons (Fsp3) is 0.278. The highest BCUT2D eigenvalue weighted by atomic mass is 79.9. The molecule has 1 N–H and O–H groups in total. The van der Waals surface area contributed by atoms with E-state index in [4.69, 9.17) is 0 Å². The van der Waals surface area contributed by atoms with Crippen LogP contribution in [0.4, 0.5) is 0 Å². The summed E-state index contributed by atoms with van der Waals surface area (Å²) in [4.78, 5) is 12.6. The molecule has 3 heteroatoms. The van der Waals surface area contributed by atoms with Crippen LogP contribution in [-0.4, -0.2) is 11.4 Å². The second-order valence-electron chi connectivity index (χ2n) is 6.08. The average molecular weight is 346 g/mol. The number of halogens is 1. The molecule has 2 nitrogen and oxygen atoms in total. The maximum atomic E-state index is 12.6. The van der Waals surface area contributed by atoms with E-state index in [9.17, 15) is 4.79 Å². The summed E-state index contributed by atoms with van der Waals surface area (Å²) in [5.74, 6) is -0.0378. The van der Waals surface area contributed by atoms with Gasteiger partial charge in [-0.25, -0.2) is 0 Å². The predicted octanol–water partition coefficient (Wildman–Crippen LogP) is 4.78. The minimum absolute atomic E-state index is 0.0378. The number of amides is 1. The molecule has 0 spiro atoms. The summed E-state index contributed by atoms with van der Waals surface area (Å²) in [5, 5.41) is 3.78. The van der Waals surface area contributed by atoms with Crippen LogP contribution in [0.15, 0.2) is 48.5 Å². The molecule has 0 atom stereocenters. The molecule has 2 rings (SSSR count). The summed E-state index contributed by atoms with van der Waals surface area (Å²) in [6.45, 7) is 5.96. The number of hydrogen-bond donors (Lipinski definition) is 1. The first kappa shape index (κ1) is 15.8. The van der Waals surface area contributed by atoms with Crippen LogP contribution in [0.3, 0.4) is 0 Å². The van der Waals surface area contributed by atoms with Gasteiger partial charge in [0, 0.05) is 16.4 Å². The molecule has 0 heterocycles. The van der Waals surface area contributed by atoms with E-state index in [0.717, 1.165) is 22.0 Å². The highest BCUT2D eigenvalue weighted by Crippen LogP contribution is 2.26. The lowest BCUT2D eigenvalue weighted by Crippen LogP contribution is -2.40. The van der Waals surface area contributed by atoms with E-state index >= 15 is 0 Å². The zero-order chi connectivity index (χ0) is 15.5. The van der Waals surface area contributed by atoms with Gasteiger partial charge in [0.15, 0.2) is 0 Å². The van der Waals surface area contributed by atoms with Gasteiger partial charge >= 0.3 is 0 Å². The second kappa shape index (κ2) is 6.44. The Bertz CT molecular complexity index is 629. The van der Waals surface area contributed by atoms with Crippen LogP contribution in [0.5, 0.6) is 0 Å². The second-order valence-corrected chi connectivity index (χ2v) is 6.64. The lowest BCUT2D eigenvalue weighted by molar-refractivity contribution is 0.0920. The first-order valence-corrected chi connectivity index (χ1v) is 8.10. The lowest BCUT2D eigenvalue weighted by atomic mass is 9.96. The molecule has 0 aliphatic rings. The van der Waals surface area contributed by atoms with Crippen molar-refractivity contribution in [1.29, 1.82) is 0 Å². The summed E-state index contributed by atoms with van der Waals surface area (Å²) >= 11 is 3.45. The zero-order valence-electron chi connectivity index (χ0n) is 12.6. The molecular weight excluding hydrogens is 326 g/mol.